The van der Waals surface area contributed by atoms with E-state index in [0.717, 1.165) is 10.9 Å². The van der Waals surface area contributed by atoms with Crippen molar-refractivity contribution < 1.29 is 9.90 Å². The van der Waals surface area contributed by atoms with Crippen molar-refractivity contribution in [3.05, 3.63) is 36.3 Å². The quantitative estimate of drug-likeness (QED) is 0.750. The summed E-state index contributed by atoms with van der Waals surface area (Å²) in [6, 6.07) is 2.40. The maximum absolute atomic E-state index is 10.7. The van der Waals surface area contributed by atoms with Gasteiger partial charge in [0.15, 0.2) is 0 Å². The molecular weight excluding hydrogens is 194 g/mol. The number of nitrogens with zero attached hydrogens (tertiary/aromatic N) is 2. The highest BCUT2D eigenvalue weighted by atomic mass is 16.4. The summed E-state index contributed by atoms with van der Waals surface area (Å²) >= 11 is 0. The molecule has 2 rings (SSSR count). The van der Waals surface area contributed by atoms with Gasteiger partial charge < -0.3 is 10.8 Å². The summed E-state index contributed by atoms with van der Waals surface area (Å²) < 4.78 is 0. The summed E-state index contributed by atoms with van der Waals surface area (Å²) in [7, 11) is 0. The highest BCUT2D eigenvalue weighted by Gasteiger charge is 2.14. The Balaban J connectivity index is 2.51. The fraction of sp³-hybridized carbons (Fsp3) is 0.100. The number of carboxylic acids is 1. The molecule has 0 radical (unpaired) electrons. The van der Waals surface area contributed by atoms with Gasteiger partial charge in [0.05, 0.1) is 5.52 Å². The molecule has 2 heterocycles. The molecule has 1 atom stereocenters. The SMILES string of the molecule is NC(C(=O)O)c1cnc2ccncc2c1. The Kier molecular flexibility index (Phi) is 2.31. The third-order valence-electron chi connectivity index (χ3n) is 2.13. The average molecular weight is 203 g/mol. The molecule has 2 aromatic heterocycles. The van der Waals surface area contributed by atoms with Crippen LogP contribution < -0.4 is 5.73 Å². The van der Waals surface area contributed by atoms with E-state index in [1.54, 1.807) is 24.5 Å². The van der Waals surface area contributed by atoms with Crippen molar-refractivity contribution in [2.24, 2.45) is 5.73 Å². The zero-order valence-corrected chi connectivity index (χ0v) is 7.79. The van der Waals surface area contributed by atoms with Gasteiger partial charge in [-0.05, 0) is 17.7 Å². The Labute approximate surface area is 85.6 Å². The van der Waals surface area contributed by atoms with Crippen LogP contribution in [-0.4, -0.2) is 21.0 Å². The van der Waals surface area contributed by atoms with Crippen molar-refractivity contribution in [1.82, 2.24) is 9.97 Å². The zero-order valence-electron chi connectivity index (χ0n) is 7.79. The average Bonchev–Trinajstić information content (AvgIpc) is 2.27. The number of carboxylic acid groups (broad SMARTS) is 1. The van der Waals surface area contributed by atoms with Crippen LogP contribution in [0.5, 0.6) is 0 Å². The van der Waals surface area contributed by atoms with E-state index in [1.165, 1.54) is 6.20 Å². The second kappa shape index (κ2) is 3.62. The summed E-state index contributed by atoms with van der Waals surface area (Å²) in [5, 5.41) is 9.52. The van der Waals surface area contributed by atoms with Gasteiger partial charge in [0, 0.05) is 24.0 Å². The van der Waals surface area contributed by atoms with Crippen molar-refractivity contribution >= 4 is 16.9 Å². The van der Waals surface area contributed by atoms with Crippen LogP contribution in [0.15, 0.2) is 30.7 Å². The van der Waals surface area contributed by atoms with Crippen molar-refractivity contribution in [2.75, 3.05) is 0 Å². The second-order valence-electron chi connectivity index (χ2n) is 3.15. The number of rotatable bonds is 2. The highest BCUT2D eigenvalue weighted by molar-refractivity contribution is 5.81. The van der Waals surface area contributed by atoms with Gasteiger partial charge in [0.2, 0.25) is 0 Å². The summed E-state index contributed by atoms with van der Waals surface area (Å²) in [5.41, 5.74) is 6.71. The first-order valence-corrected chi connectivity index (χ1v) is 4.36. The normalized spacial score (nSPS) is 12.6. The highest BCUT2D eigenvalue weighted by Crippen LogP contribution is 2.15. The summed E-state index contributed by atoms with van der Waals surface area (Å²) in [5.74, 6) is -1.07. The molecule has 0 aromatic carbocycles. The molecule has 1 unspecified atom stereocenters. The van der Waals surface area contributed by atoms with Crippen LogP contribution >= 0.6 is 0 Å². The number of hydrogen-bond donors (Lipinski definition) is 2. The van der Waals surface area contributed by atoms with E-state index >= 15 is 0 Å². The van der Waals surface area contributed by atoms with Crippen LogP contribution in [0.2, 0.25) is 0 Å². The number of pyridine rings is 2. The Morgan fingerprint density at radius 3 is 3.00 bits per heavy atom. The van der Waals surface area contributed by atoms with Crippen LogP contribution in [0.25, 0.3) is 10.9 Å². The molecule has 0 saturated heterocycles. The Morgan fingerprint density at radius 2 is 2.27 bits per heavy atom. The first kappa shape index (κ1) is 9.54. The number of nitrogens with two attached hydrogens (primary N) is 1. The van der Waals surface area contributed by atoms with Crippen molar-refractivity contribution in [3.8, 4) is 0 Å². The molecule has 0 fully saturated rings. The van der Waals surface area contributed by atoms with Gasteiger partial charge in [0.1, 0.15) is 6.04 Å². The van der Waals surface area contributed by atoms with Crippen LogP contribution in [0.3, 0.4) is 0 Å². The van der Waals surface area contributed by atoms with E-state index in [0.29, 0.717) is 5.56 Å². The first-order valence-electron chi connectivity index (χ1n) is 4.36. The molecule has 0 aliphatic carbocycles. The third-order valence-corrected chi connectivity index (χ3v) is 2.13. The predicted molar refractivity (Wildman–Crippen MR) is 54.1 cm³/mol. The largest absolute Gasteiger partial charge is 0.480 e. The van der Waals surface area contributed by atoms with Gasteiger partial charge in [-0.2, -0.15) is 0 Å². The molecule has 5 nitrogen and oxygen atoms in total. The van der Waals surface area contributed by atoms with Gasteiger partial charge >= 0.3 is 5.97 Å². The number of carbonyl (C=O) groups is 1. The monoisotopic (exact) mass is 203 g/mol. The van der Waals surface area contributed by atoms with Gasteiger partial charge in [-0.15, -0.1) is 0 Å². The van der Waals surface area contributed by atoms with Crippen LogP contribution in [0.4, 0.5) is 0 Å². The molecule has 76 valence electrons. The fourth-order valence-electron chi connectivity index (χ4n) is 1.30. The van der Waals surface area contributed by atoms with Gasteiger partial charge in [-0.3, -0.25) is 14.8 Å². The van der Waals surface area contributed by atoms with Crippen LogP contribution in [0.1, 0.15) is 11.6 Å². The van der Waals surface area contributed by atoms with E-state index in [2.05, 4.69) is 9.97 Å². The number of hydrogen-bond acceptors (Lipinski definition) is 4. The summed E-state index contributed by atoms with van der Waals surface area (Å²) in [6.07, 6.45) is 4.73. The maximum Gasteiger partial charge on any atom is 0.325 e. The molecule has 0 aliphatic rings. The molecule has 0 spiro atoms. The lowest BCUT2D eigenvalue weighted by atomic mass is 10.1. The second-order valence-corrected chi connectivity index (χ2v) is 3.15. The number of fused-ring (bicyclic) bond motifs is 1. The first-order chi connectivity index (χ1) is 7.18. The minimum absolute atomic E-state index is 0.475. The Hall–Kier alpha value is -2.01. The maximum atomic E-state index is 10.7. The van der Waals surface area contributed by atoms with E-state index in [1.807, 2.05) is 0 Å². The third kappa shape index (κ3) is 1.77. The van der Waals surface area contributed by atoms with Crippen molar-refractivity contribution in [3.63, 3.8) is 0 Å². The summed E-state index contributed by atoms with van der Waals surface area (Å²) in [4.78, 5) is 18.7. The lowest BCUT2D eigenvalue weighted by molar-refractivity contribution is -0.138. The van der Waals surface area contributed by atoms with Crippen LogP contribution in [0, 0.1) is 0 Å². The van der Waals surface area contributed by atoms with E-state index < -0.39 is 12.0 Å². The van der Waals surface area contributed by atoms with E-state index in [4.69, 9.17) is 10.8 Å². The molecule has 3 N–H and O–H groups in total. The summed E-state index contributed by atoms with van der Waals surface area (Å²) in [6.45, 7) is 0. The molecule has 2 aromatic rings. The fourth-order valence-corrected chi connectivity index (χ4v) is 1.30. The van der Waals surface area contributed by atoms with Gasteiger partial charge in [-0.25, -0.2) is 0 Å². The van der Waals surface area contributed by atoms with Crippen molar-refractivity contribution in [1.29, 1.82) is 0 Å². The molecule has 0 aliphatic heterocycles. The molecule has 5 heteroatoms. The zero-order chi connectivity index (χ0) is 10.8. The standard InChI is InChI=1S/C10H9N3O2/c11-9(10(14)15)7-3-6-4-12-2-1-8(6)13-5-7/h1-5,9H,11H2,(H,14,15). The lowest BCUT2D eigenvalue weighted by Crippen LogP contribution is -2.20. The number of aromatic nitrogens is 2. The lowest BCUT2D eigenvalue weighted by Gasteiger charge is -2.06. The topological polar surface area (TPSA) is 89.1 Å². The Morgan fingerprint density at radius 1 is 1.47 bits per heavy atom. The molecular formula is C10H9N3O2. The van der Waals surface area contributed by atoms with E-state index in [-0.39, 0.29) is 0 Å². The molecule has 0 amide bonds. The number of aliphatic carboxylic acids is 1. The Bertz CT molecular complexity index is 513. The van der Waals surface area contributed by atoms with Gasteiger partial charge in [-0.1, -0.05) is 0 Å². The van der Waals surface area contributed by atoms with Gasteiger partial charge in [0.25, 0.3) is 0 Å². The van der Waals surface area contributed by atoms with E-state index in [9.17, 15) is 4.79 Å². The smallest absolute Gasteiger partial charge is 0.325 e. The minimum Gasteiger partial charge on any atom is -0.480 e. The minimum atomic E-state index is -1.07. The molecule has 0 saturated carbocycles. The van der Waals surface area contributed by atoms with Crippen molar-refractivity contribution in [2.45, 2.75) is 6.04 Å². The molecule has 0 bridgehead atoms. The predicted octanol–water partition coefficient (Wildman–Crippen LogP) is 0.714. The molecule has 15 heavy (non-hydrogen) atoms. The van der Waals surface area contributed by atoms with Crippen LogP contribution in [-0.2, 0) is 4.79 Å².